The second-order valence-electron chi connectivity index (χ2n) is 10.0. The molecule has 9 heteroatoms. The average Bonchev–Trinajstić information content (AvgIpc) is 3.08. The zero-order valence-electron chi connectivity index (χ0n) is 22.4. The molecule has 5 rings (SSSR count). The molecule has 0 radical (unpaired) electrons. The maximum atomic E-state index is 14.0. The molecule has 1 amide bonds. The Kier molecular flexibility index (Phi) is 7.81. The van der Waals surface area contributed by atoms with Crippen molar-refractivity contribution in [3.63, 3.8) is 0 Å². The predicted molar refractivity (Wildman–Crippen MR) is 151 cm³/mol. The first-order chi connectivity index (χ1) is 18.9. The van der Waals surface area contributed by atoms with Crippen molar-refractivity contribution in [1.29, 1.82) is 0 Å². The van der Waals surface area contributed by atoms with Crippen LogP contribution in [0.2, 0.25) is 0 Å². The second-order valence-corrected chi connectivity index (χ2v) is 10.0. The molecule has 1 fully saturated rings. The predicted octanol–water partition coefficient (Wildman–Crippen LogP) is 2.96. The van der Waals surface area contributed by atoms with Gasteiger partial charge in [0.1, 0.15) is 5.39 Å². The van der Waals surface area contributed by atoms with E-state index in [9.17, 15) is 19.5 Å². The molecule has 1 unspecified atom stereocenters. The Labute approximate surface area is 226 Å². The zero-order valence-corrected chi connectivity index (χ0v) is 22.4. The van der Waals surface area contributed by atoms with Crippen molar-refractivity contribution in [3.8, 4) is 5.75 Å². The van der Waals surface area contributed by atoms with Gasteiger partial charge in [0, 0.05) is 37.1 Å². The summed E-state index contributed by atoms with van der Waals surface area (Å²) in [5, 5.41) is 13.5. The Morgan fingerprint density at radius 2 is 1.79 bits per heavy atom. The molecule has 0 aliphatic carbocycles. The van der Waals surface area contributed by atoms with Gasteiger partial charge < -0.3 is 24.6 Å². The molecule has 1 atom stereocenters. The van der Waals surface area contributed by atoms with Crippen LogP contribution in [-0.2, 0) is 13.6 Å². The van der Waals surface area contributed by atoms with Crippen molar-refractivity contribution in [2.45, 2.75) is 31.8 Å². The monoisotopic (exact) mass is 530 g/mol. The maximum absolute atomic E-state index is 14.0. The van der Waals surface area contributed by atoms with Crippen LogP contribution >= 0.6 is 0 Å². The maximum Gasteiger partial charge on any atom is 0.272 e. The summed E-state index contributed by atoms with van der Waals surface area (Å²) in [5.74, 6) is -0.280. The van der Waals surface area contributed by atoms with E-state index in [1.54, 1.807) is 35.9 Å². The van der Waals surface area contributed by atoms with Gasteiger partial charge in [0.05, 0.1) is 31.3 Å². The van der Waals surface area contributed by atoms with E-state index in [0.717, 1.165) is 37.7 Å². The lowest BCUT2D eigenvalue weighted by molar-refractivity contribution is 0.0920. The first-order valence-corrected chi connectivity index (χ1v) is 13.3. The van der Waals surface area contributed by atoms with Gasteiger partial charge in [-0.2, -0.15) is 0 Å². The lowest BCUT2D eigenvalue weighted by Gasteiger charge is -2.19. The van der Waals surface area contributed by atoms with Crippen LogP contribution in [0.4, 0.5) is 0 Å². The molecule has 9 nitrogen and oxygen atoms in total. The number of hydrogen-bond acceptors (Lipinski definition) is 6. The van der Waals surface area contributed by atoms with Gasteiger partial charge in [0.2, 0.25) is 0 Å². The Bertz CT molecular complexity index is 1570. The number of para-hydroxylation sites is 1. The number of amides is 1. The number of hydrogen-bond donors (Lipinski definition) is 2. The molecular formula is C30H34N4O5. The first-order valence-electron chi connectivity index (χ1n) is 13.3. The van der Waals surface area contributed by atoms with E-state index in [-0.39, 0.29) is 53.3 Å². The average molecular weight is 531 g/mol. The summed E-state index contributed by atoms with van der Waals surface area (Å²) in [5.41, 5.74) is 1.62. The highest BCUT2D eigenvalue weighted by Gasteiger charge is 2.29. The van der Waals surface area contributed by atoms with Gasteiger partial charge in [-0.05, 0) is 31.9 Å². The van der Waals surface area contributed by atoms with Gasteiger partial charge in [-0.3, -0.25) is 19.0 Å². The molecule has 2 aromatic carbocycles. The number of ketones is 1. The summed E-state index contributed by atoms with van der Waals surface area (Å²) in [7, 11) is 3.22. The molecule has 0 bridgehead atoms. The van der Waals surface area contributed by atoms with Gasteiger partial charge in [0.15, 0.2) is 17.2 Å². The normalized spacial score (nSPS) is 16.3. The standard InChI is InChI=1S/C30H34N4O5/c1-32-26-22-12-6-7-13-23(22)34(19-24(36)20-9-4-3-5-10-20)30(38)25(26)28(39-2)27(32)29(37)31-21-11-8-15-33(16-14-21)17-18-35/h3-7,9-10,12-13,21,35H,8,11,14-19H2,1-2H3,(H,31,37). The summed E-state index contributed by atoms with van der Waals surface area (Å²) >= 11 is 0. The number of β-amino-alcohol motifs (C(OH)–C–C–N with tert-alkyl or cyclic N) is 1. The fraction of sp³-hybridized carbons (Fsp3) is 0.367. The third-order valence-electron chi connectivity index (χ3n) is 7.65. The Hall–Kier alpha value is -3.95. The lowest BCUT2D eigenvalue weighted by atomic mass is 10.1. The molecule has 1 saturated heterocycles. The molecule has 2 aromatic heterocycles. The van der Waals surface area contributed by atoms with Crippen molar-refractivity contribution < 1.29 is 19.4 Å². The van der Waals surface area contributed by atoms with E-state index in [4.69, 9.17) is 4.74 Å². The highest BCUT2D eigenvalue weighted by atomic mass is 16.5. The highest BCUT2D eigenvalue weighted by molar-refractivity contribution is 6.12. The zero-order chi connectivity index (χ0) is 27.5. The number of aromatic nitrogens is 2. The number of aliphatic hydroxyl groups excluding tert-OH is 1. The van der Waals surface area contributed by atoms with E-state index < -0.39 is 0 Å². The van der Waals surface area contributed by atoms with Gasteiger partial charge in [-0.15, -0.1) is 0 Å². The minimum Gasteiger partial charge on any atom is -0.493 e. The number of benzene rings is 2. The molecule has 0 saturated carbocycles. The van der Waals surface area contributed by atoms with Crippen molar-refractivity contribution in [2.75, 3.05) is 33.4 Å². The van der Waals surface area contributed by atoms with Gasteiger partial charge in [-0.1, -0.05) is 48.5 Å². The minimum absolute atomic E-state index is 0.0270. The number of carbonyl (C=O) groups is 2. The summed E-state index contributed by atoms with van der Waals surface area (Å²) in [6, 6.07) is 16.3. The number of ether oxygens (including phenoxy) is 1. The van der Waals surface area contributed by atoms with E-state index in [1.165, 1.54) is 11.7 Å². The van der Waals surface area contributed by atoms with Crippen molar-refractivity contribution in [2.24, 2.45) is 7.05 Å². The summed E-state index contributed by atoms with van der Waals surface area (Å²) < 4.78 is 8.92. The van der Waals surface area contributed by atoms with E-state index in [2.05, 4.69) is 10.2 Å². The Balaban J connectivity index is 1.57. The van der Waals surface area contributed by atoms with Gasteiger partial charge >= 0.3 is 0 Å². The van der Waals surface area contributed by atoms with E-state index >= 15 is 0 Å². The van der Waals surface area contributed by atoms with Gasteiger partial charge in [0.25, 0.3) is 11.5 Å². The van der Waals surface area contributed by atoms with Crippen LogP contribution in [0, 0.1) is 0 Å². The first kappa shape index (κ1) is 26.6. The molecule has 1 aliphatic heterocycles. The van der Waals surface area contributed by atoms with Crippen molar-refractivity contribution in [1.82, 2.24) is 19.4 Å². The fourth-order valence-corrected chi connectivity index (χ4v) is 5.71. The molecule has 2 N–H and O–H groups in total. The van der Waals surface area contributed by atoms with Crippen molar-refractivity contribution in [3.05, 3.63) is 76.2 Å². The highest BCUT2D eigenvalue weighted by Crippen LogP contribution is 2.35. The molecule has 4 aromatic rings. The lowest BCUT2D eigenvalue weighted by Crippen LogP contribution is -2.37. The molecule has 204 valence electrons. The van der Waals surface area contributed by atoms with Crippen LogP contribution in [0.15, 0.2) is 59.4 Å². The van der Waals surface area contributed by atoms with Gasteiger partial charge in [-0.25, -0.2) is 0 Å². The fourth-order valence-electron chi connectivity index (χ4n) is 5.71. The number of methoxy groups -OCH3 is 1. The minimum atomic E-state index is -0.381. The largest absolute Gasteiger partial charge is 0.493 e. The second kappa shape index (κ2) is 11.4. The van der Waals surface area contributed by atoms with Crippen LogP contribution in [0.1, 0.15) is 40.1 Å². The van der Waals surface area contributed by atoms with E-state index in [0.29, 0.717) is 23.1 Å². The number of rotatable bonds is 8. The Morgan fingerprint density at radius 1 is 1.05 bits per heavy atom. The number of aliphatic hydroxyl groups is 1. The van der Waals surface area contributed by atoms with Crippen molar-refractivity contribution >= 4 is 33.5 Å². The quantitative estimate of drug-likeness (QED) is 0.340. The molecule has 3 heterocycles. The van der Waals surface area contributed by atoms with Crippen LogP contribution in [0.25, 0.3) is 21.8 Å². The van der Waals surface area contributed by atoms with Crippen LogP contribution in [0.3, 0.4) is 0 Å². The molecule has 39 heavy (non-hydrogen) atoms. The topological polar surface area (TPSA) is 106 Å². The number of aryl methyl sites for hydroxylation is 1. The van der Waals surface area contributed by atoms with Crippen LogP contribution < -0.4 is 15.6 Å². The smallest absolute Gasteiger partial charge is 0.272 e. The SMILES string of the molecule is COc1c(C(=O)NC2CCCN(CCO)CC2)n(C)c2c1c(=O)n(CC(=O)c1ccccc1)c1ccccc21. The number of likely N-dealkylation sites (tertiary alicyclic amines) is 1. The summed E-state index contributed by atoms with van der Waals surface area (Å²) in [6.45, 7) is 2.29. The Morgan fingerprint density at radius 3 is 2.54 bits per heavy atom. The summed E-state index contributed by atoms with van der Waals surface area (Å²) in [6.07, 6.45) is 2.52. The molecule has 1 aliphatic rings. The number of carbonyl (C=O) groups excluding carboxylic acids is 2. The molecule has 0 spiro atoms. The number of fused-ring (bicyclic) bond motifs is 3. The number of Topliss-reactive ketones (excluding diaryl/α,β-unsaturated/α-hetero) is 1. The number of nitrogens with one attached hydrogen (secondary N) is 1. The number of pyridine rings is 1. The summed E-state index contributed by atoms with van der Waals surface area (Å²) in [4.78, 5) is 43.0. The molecular weight excluding hydrogens is 496 g/mol. The van der Waals surface area contributed by atoms with E-state index in [1.807, 2.05) is 30.3 Å². The van der Waals surface area contributed by atoms with Crippen LogP contribution in [-0.4, -0.2) is 70.2 Å². The van der Waals surface area contributed by atoms with Crippen LogP contribution in [0.5, 0.6) is 5.75 Å². The number of nitrogens with zero attached hydrogens (tertiary/aromatic N) is 3. The third-order valence-corrected chi connectivity index (χ3v) is 7.65. The third kappa shape index (κ3) is 5.07.